The molecule has 0 aliphatic carbocycles. The highest BCUT2D eigenvalue weighted by molar-refractivity contribution is 9.10. The lowest BCUT2D eigenvalue weighted by molar-refractivity contribution is 0.600. The third-order valence-electron chi connectivity index (χ3n) is 2.50. The quantitative estimate of drug-likeness (QED) is 0.815. The van der Waals surface area contributed by atoms with Gasteiger partial charge in [0.25, 0.3) is 10.0 Å². The molecular formula is C12H9Br2FN2O2S. The molecule has 0 saturated carbocycles. The minimum atomic E-state index is -3.81. The van der Waals surface area contributed by atoms with Gasteiger partial charge < -0.3 is 0 Å². The standard InChI is InChI=1S/C12H9Br2FN2O2S/c1-7-2-10(14)11(15)4-12(7)17-20(18,19)9-3-8(13)5-16-6-9/h2-6,17H,1H3. The molecule has 0 saturated heterocycles. The number of aryl methyl sites for hydroxylation is 1. The summed E-state index contributed by atoms with van der Waals surface area (Å²) < 4.78 is 41.1. The highest BCUT2D eigenvalue weighted by Crippen LogP contribution is 2.26. The summed E-state index contributed by atoms with van der Waals surface area (Å²) in [4.78, 5) is 3.79. The van der Waals surface area contributed by atoms with Gasteiger partial charge in [0.2, 0.25) is 0 Å². The molecule has 0 aliphatic heterocycles. The summed E-state index contributed by atoms with van der Waals surface area (Å²) in [6.45, 7) is 1.68. The van der Waals surface area contributed by atoms with Crippen molar-refractivity contribution in [1.29, 1.82) is 0 Å². The number of anilines is 1. The van der Waals surface area contributed by atoms with Crippen molar-refractivity contribution in [1.82, 2.24) is 4.98 Å². The normalized spacial score (nSPS) is 11.4. The molecular weight excluding hydrogens is 415 g/mol. The SMILES string of the molecule is Cc1cc(Br)c(F)cc1NS(=O)(=O)c1cncc(Br)c1. The van der Waals surface area contributed by atoms with E-state index in [1.165, 1.54) is 24.5 Å². The van der Waals surface area contributed by atoms with Crippen molar-refractivity contribution in [2.75, 3.05) is 4.72 Å². The largest absolute Gasteiger partial charge is 0.279 e. The van der Waals surface area contributed by atoms with Gasteiger partial charge in [-0.3, -0.25) is 9.71 Å². The van der Waals surface area contributed by atoms with E-state index in [1.807, 2.05) is 0 Å². The van der Waals surface area contributed by atoms with Gasteiger partial charge in [-0.15, -0.1) is 0 Å². The predicted molar refractivity (Wildman–Crippen MR) is 81.6 cm³/mol. The molecule has 0 aliphatic rings. The maximum atomic E-state index is 13.5. The van der Waals surface area contributed by atoms with Gasteiger partial charge in [-0.2, -0.15) is 0 Å². The molecule has 2 aromatic rings. The molecule has 0 atom stereocenters. The topological polar surface area (TPSA) is 59.1 Å². The second-order valence-corrected chi connectivity index (χ2v) is 7.48. The fourth-order valence-electron chi connectivity index (χ4n) is 1.50. The smallest absolute Gasteiger partial charge is 0.263 e. The summed E-state index contributed by atoms with van der Waals surface area (Å²) in [7, 11) is -3.81. The molecule has 2 rings (SSSR count). The van der Waals surface area contributed by atoms with Crippen molar-refractivity contribution in [3.8, 4) is 0 Å². The molecule has 106 valence electrons. The summed E-state index contributed by atoms with van der Waals surface area (Å²) in [6, 6.07) is 4.05. The van der Waals surface area contributed by atoms with Crippen LogP contribution in [0.3, 0.4) is 0 Å². The fraction of sp³-hybridized carbons (Fsp3) is 0.0833. The number of hydrogen-bond donors (Lipinski definition) is 1. The van der Waals surface area contributed by atoms with Crippen molar-refractivity contribution in [3.05, 3.63) is 50.9 Å². The van der Waals surface area contributed by atoms with E-state index < -0.39 is 15.8 Å². The van der Waals surface area contributed by atoms with Crippen molar-refractivity contribution in [2.45, 2.75) is 11.8 Å². The van der Waals surface area contributed by atoms with Gasteiger partial charge in [-0.05, 0) is 62.5 Å². The zero-order valence-corrected chi connectivity index (χ0v) is 14.2. The average molecular weight is 424 g/mol. The minimum Gasteiger partial charge on any atom is -0.279 e. The van der Waals surface area contributed by atoms with Crippen molar-refractivity contribution < 1.29 is 12.8 Å². The van der Waals surface area contributed by atoms with Crippen molar-refractivity contribution in [2.24, 2.45) is 0 Å². The van der Waals surface area contributed by atoms with Gasteiger partial charge in [-0.25, -0.2) is 12.8 Å². The summed E-state index contributed by atoms with van der Waals surface area (Å²) in [5.74, 6) is -0.541. The molecule has 0 radical (unpaired) electrons. The molecule has 8 heteroatoms. The zero-order valence-electron chi connectivity index (χ0n) is 10.2. The Labute approximate surface area is 132 Å². The molecule has 0 bridgehead atoms. The maximum absolute atomic E-state index is 13.5. The number of rotatable bonds is 3. The van der Waals surface area contributed by atoms with Crippen LogP contribution in [0.15, 0.2) is 44.4 Å². The Balaban J connectivity index is 2.41. The van der Waals surface area contributed by atoms with E-state index in [-0.39, 0.29) is 15.1 Å². The van der Waals surface area contributed by atoms with Crippen LogP contribution < -0.4 is 4.72 Å². The fourth-order valence-corrected chi connectivity index (χ4v) is 3.58. The van der Waals surface area contributed by atoms with Crippen LogP contribution in [0.5, 0.6) is 0 Å². The Kier molecular flexibility index (Phi) is 4.46. The number of pyridine rings is 1. The van der Waals surface area contributed by atoms with E-state index in [1.54, 1.807) is 6.92 Å². The summed E-state index contributed by atoms with van der Waals surface area (Å²) in [5, 5.41) is 0. The maximum Gasteiger partial charge on any atom is 0.263 e. The first-order chi connectivity index (χ1) is 9.29. The first kappa shape index (κ1) is 15.4. The monoisotopic (exact) mass is 422 g/mol. The Bertz CT molecular complexity index is 766. The van der Waals surface area contributed by atoms with Gasteiger partial charge in [0.05, 0.1) is 10.2 Å². The van der Waals surface area contributed by atoms with Crippen LogP contribution >= 0.6 is 31.9 Å². The number of nitrogens with zero attached hydrogens (tertiary/aromatic N) is 1. The van der Waals surface area contributed by atoms with E-state index in [0.717, 1.165) is 6.07 Å². The Morgan fingerprint density at radius 2 is 1.90 bits per heavy atom. The van der Waals surface area contributed by atoms with Crippen LogP contribution in [0.2, 0.25) is 0 Å². The van der Waals surface area contributed by atoms with Crippen molar-refractivity contribution >= 4 is 47.6 Å². The van der Waals surface area contributed by atoms with Crippen LogP contribution in [0.25, 0.3) is 0 Å². The number of hydrogen-bond acceptors (Lipinski definition) is 3. The van der Waals surface area contributed by atoms with Gasteiger partial charge in [0, 0.05) is 16.9 Å². The number of sulfonamides is 1. The molecule has 0 spiro atoms. The highest BCUT2D eigenvalue weighted by atomic mass is 79.9. The molecule has 1 aromatic heterocycles. The zero-order chi connectivity index (χ0) is 14.9. The predicted octanol–water partition coefficient (Wildman–Crippen LogP) is 3.85. The van der Waals surface area contributed by atoms with Gasteiger partial charge in [0.1, 0.15) is 10.7 Å². The van der Waals surface area contributed by atoms with Crippen molar-refractivity contribution in [3.63, 3.8) is 0 Å². The second kappa shape index (κ2) is 5.79. The first-order valence-electron chi connectivity index (χ1n) is 5.38. The molecule has 1 heterocycles. The van der Waals surface area contributed by atoms with Crippen LogP contribution in [-0.2, 0) is 10.0 Å². The van der Waals surface area contributed by atoms with Crippen LogP contribution in [-0.4, -0.2) is 13.4 Å². The Hall–Kier alpha value is -0.990. The van der Waals surface area contributed by atoms with Gasteiger partial charge in [0.15, 0.2) is 0 Å². The average Bonchev–Trinajstić information content (AvgIpc) is 2.36. The summed E-state index contributed by atoms with van der Waals surface area (Å²) >= 11 is 6.20. The number of nitrogens with one attached hydrogen (secondary N) is 1. The molecule has 0 fully saturated rings. The lowest BCUT2D eigenvalue weighted by Crippen LogP contribution is -2.14. The molecule has 0 amide bonds. The first-order valence-corrected chi connectivity index (χ1v) is 8.45. The van der Waals surface area contributed by atoms with E-state index >= 15 is 0 Å². The number of aromatic nitrogens is 1. The second-order valence-electron chi connectivity index (χ2n) is 4.03. The van der Waals surface area contributed by atoms with Crippen LogP contribution in [0.4, 0.5) is 10.1 Å². The Morgan fingerprint density at radius 3 is 2.55 bits per heavy atom. The number of halogens is 3. The van der Waals surface area contributed by atoms with E-state index in [0.29, 0.717) is 10.0 Å². The van der Waals surface area contributed by atoms with Gasteiger partial charge in [-0.1, -0.05) is 0 Å². The molecule has 0 unspecified atom stereocenters. The molecule has 4 nitrogen and oxygen atoms in total. The van der Waals surface area contributed by atoms with Crippen LogP contribution in [0, 0.1) is 12.7 Å². The van der Waals surface area contributed by atoms with E-state index in [9.17, 15) is 12.8 Å². The van der Waals surface area contributed by atoms with E-state index in [4.69, 9.17) is 0 Å². The third kappa shape index (κ3) is 3.36. The summed E-state index contributed by atoms with van der Waals surface area (Å²) in [5.41, 5.74) is 0.787. The molecule has 20 heavy (non-hydrogen) atoms. The number of benzene rings is 1. The minimum absolute atomic E-state index is 0.00500. The van der Waals surface area contributed by atoms with Crippen LogP contribution in [0.1, 0.15) is 5.56 Å². The van der Waals surface area contributed by atoms with E-state index in [2.05, 4.69) is 41.6 Å². The third-order valence-corrected chi connectivity index (χ3v) is 4.88. The van der Waals surface area contributed by atoms with Gasteiger partial charge >= 0.3 is 0 Å². The lowest BCUT2D eigenvalue weighted by Gasteiger charge is -2.11. The Morgan fingerprint density at radius 1 is 1.20 bits per heavy atom. The lowest BCUT2D eigenvalue weighted by atomic mass is 10.2. The molecule has 1 N–H and O–H groups in total. The highest BCUT2D eigenvalue weighted by Gasteiger charge is 2.17. The molecule has 1 aromatic carbocycles. The summed E-state index contributed by atoms with van der Waals surface area (Å²) in [6.07, 6.45) is 2.70.